The van der Waals surface area contributed by atoms with Crippen LogP contribution in [0.15, 0.2) is 15.0 Å². The van der Waals surface area contributed by atoms with Gasteiger partial charge in [-0.05, 0) is 104 Å². The summed E-state index contributed by atoms with van der Waals surface area (Å²) in [6.07, 6.45) is 0. The second-order valence-electron chi connectivity index (χ2n) is 9.32. The van der Waals surface area contributed by atoms with Gasteiger partial charge in [-0.15, -0.1) is 0 Å². The van der Waals surface area contributed by atoms with Crippen molar-refractivity contribution in [2.24, 2.45) is 15.0 Å². The molecule has 7 heteroatoms. The van der Waals surface area contributed by atoms with E-state index in [4.69, 9.17) is 0 Å². The number of nitrogens with zero attached hydrogens (tertiary/aromatic N) is 3. The van der Waals surface area contributed by atoms with E-state index in [0.717, 1.165) is 17.5 Å². The quantitative estimate of drug-likeness (QED) is 0.245. The molecule has 0 aromatic rings. The summed E-state index contributed by atoms with van der Waals surface area (Å²) in [4.78, 5) is 13.0. The Balaban J connectivity index is -0.000000174. The Morgan fingerprint density at radius 3 is 0.677 bits per heavy atom. The van der Waals surface area contributed by atoms with Crippen molar-refractivity contribution < 1.29 is 19.5 Å². The monoisotopic (exact) mass is 528 g/mol. The number of aliphatic imine (C=N–C) groups is 3. The smallest absolute Gasteiger partial charge is 0.0936 e. The third kappa shape index (κ3) is 40.0. The predicted octanol–water partition coefficient (Wildman–Crippen LogP) is 5.43. The zero-order valence-electron chi connectivity index (χ0n) is 23.2. The summed E-state index contributed by atoms with van der Waals surface area (Å²) in [6, 6.07) is 2.65. The Morgan fingerprint density at radius 1 is 0.419 bits per heavy atom. The standard InChI is InChI=1S/3C8H18N2.Ru/c3*1-6(2)9-8(5)10-7(3)4;/h3*6-7H,1-5H3,(H,9,10);. The third-order valence-electron chi connectivity index (χ3n) is 2.85. The maximum Gasteiger partial charge on any atom is 0.0936 e. The van der Waals surface area contributed by atoms with Gasteiger partial charge in [0.25, 0.3) is 0 Å². The number of amidine groups is 3. The van der Waals surface area contributed by atoms with E-state index in [9.17, 15) is 0 Å². The molecule has 0 fully saturated rings. The van der Waals surface area contributed by atoms with Crippen molar-refractivity contribution in [3.63, 3.8) is 0 Å². The van der Waals surface area contributed by atoms with Crippen LogP contribution in [0.25, 0.3) is 0 Å². The maximum absolute atomic E-state index is 4.32. The van der Waals surface area contributed by atoms with E-state index in [0.29, 0.717) is 36.3 Å². The van der Waals surface area contributed by atoms with Gasteiger partial charge < -0.3 is 16.0 Å². The topological polar surface area (TPSA) is 73.2 Å². The van der Waals surface area contributed by atoms with Crippen LogP contribution in [0.5, 0.6) is 0 Å². The molecule has 0 atom stereocenters. The van der Waals surface area contributed by atoms with Crippen LogP contribution in [0, 0.1) is 0 Å². The van der Waals surface area contributed by atoms with Crippen molar-refractivity contribution in [3.8, 4) is 0 Å². The minimum atomic E-state index is 0. The molecule has 0 amide bonds. The van der Waals surface area contributed by atoms with Gasteiger partial charge in [0.15, 0.2) is 0 Å². The van der Waals surface area contributed by atoms with Crippen LogP contribution < -0.4 is 16.0 Å². The van der Waals surface area contributed by atoms with Gasteiger partial charge in [0.2, 0.25) is 0 Å². The molecule has 0 saturated carbocycles. The van der Waals surface area contributed by atoms with Crippen LogP contribution in [0.3, 0.4) is 0 Å². The molecule has 0 aromatic heterocycles. The molecule has 0 heterocycles. The van der Waals surface area contributed by atoms with Crippen molar-refractivity contribution in [1.82, 2.24) is 16.0 Å². The van der Waals surface area contributed by atoms with Crippen molar-refractivity contribution in [1.29, 1.82) is 0 Å². The largest absolute Gasteiger partial charge is 0.372 e. The van der Waals surface area contributed by atoms with E-state index in [1.165, 1.54) is 0 Å². The molecule has 0 bridgehead atoms. The average Bonchev–Trinajstić information content (AvgIpc) is 2.42. The summed E-state index contributed by atoms with van der Waals surface area (Å²) in [5.74, 6) is 3.10. The normalized spacial score (nSPS) is 12.5. The van der Waals surface area contributed by atoms with E-state index < -0.39 is 0 Å². The van der Waals surface area contributed by atoms with Crippen LogP contribution in [0.4, 0.5) is 0 Å². The first-order valence-corrected chi connectivity index (χ1v) is 11.5. The number of nitrogens with one attached hydrogen (secondary N) is 3. The minimum Gasteiger partial charge on any atom is -0.372 e. The minimum absolute atomic E-state index is 0. The van der Waals surface area contributed by atoms with Crippen LogP contribution in [0.1, 0.15) is 104 Å². The van der Waals surface area contributed by atoms with Crippen LogP contribution >= 0.6 is 0 Å². The molecule has 0 aliphatic carbocycles. The molecule has 0 aliphatic heterocycles. The Bertz CT molecular complexity index is 421. The number of rotatable bonds is 6. The van der Waals surface area contributed by atoms with Crippen molar-refractivity contribution in [3.05, 3.63) is 0 Å². The fourth-order valence-electron chi connectivity index (χ4n) is 2.53. The van der Waals surface area contributed by atoms with E-state index in [2.05, 4.69) is 114 Å². The Morgan fingerprint density at radius 2 is 0.581 bits per heavy atom. The molecule has 0 saturated heterocycles. The molecule has 0 aliphatic rings. The predicted molar refractivity (Wildman–Crippen MR) is 140 cm³/mol. The first-order valence-electron chi connectivity index (χ1n) is 11.5. The van der Waals surface area contributed by atoms with Gasteiger partial charge >= 0.3 is 0 Å². The summed E-state index contributed by atoms with van der Waals surface area (Å²) in [5.41, 5.74) is 0. The van der Waals surface area contributed by atoms with Crippen LogP contribution in [-0.2, 0) is 19.5 Å². The van der Waals surface area contributed by atoms with Gasteiger partial charge in [-0.2, -0.15) is 0 Å². The Hall–Kier alpha value is -0.967. The summed E-state index contributed by atoms with van der Waals surface area (Å²) in [5, 5.41) is 9.67. The van der Waals surface area contributed by atoms with Gasteiger partial charge in [0.1, 0.15) is 0 Å². The van der Waals surface area contributed by atoms with Crippen LogP contribution in [-0.4, -0.2) is 53.8 Å². The zero-order valence-corrected chi connectivity index (χ0v) is 24.9. The van der Waals surface area contributed by atoms with Gasteiger partial charge in [0.05, 0.1) is 17.5 Å². The summed E-state index contributed by atoms with van der Waals surface area (Å²) in [6.45, 7) is 31.1. The first-order chi connectivity index (χ1) is 13.6. The van der Waals surface area contributed by atoms with Gasteiger partial charge in [-0.25, -0.2) is 0 Å². The van der Waals surface area contributed by atoms with E-state index in [1.54, 1.807) is 0 Å². The molecule has 6 nitrogen and oxygen atoms in total. The molecule has 3 N–H and O–H groups in total. The Labute approximate surface area is 207 Å². The molecular formula is C24H54N6Ru. The van der Waals surface area contributed by atoms with Gasteiger partial charge in [0, 0.05) is 55.7 Å². The van der Waals surface area contributed by atoms with E-state index >= 15 is 0 Å². The first kappa shape index (κ1) is 37.4. The van der Waals surface area contributed by atoms with Crippen molar-refractivity contribution in [2.75, 3.05) is 0 Å². The molecule has 0 radical (unpaired) electrons. The Kier molecular flexibility index (Phi) is 26.8. The SMILES string of the molecule is CC(=NC(C)C)NC(C)C.CC(=NC(C)C)NC(C)C.CC(=NC(C)C)NC(C)C.[Ru]. The summed E-state index contributed by atoms with van der Waals surface area (Å²) < 4.78 is 0. The maximum atomic E-state index is 4.32. The average molecular weight is 528 g/mol. The molecule has 31 heavy (non-hydrogen) atoms. The molecule has 0 rings (SSSR count). The number of hydrogen-bond acceptors (Lipinski definition) is 3. The third-order valence-corrected chi connectivity index (χ3v) is 2.85. The summed E-state index contributed by atoms with van der Waals surface area (Å²) >= 11 is 0. The zero-order chi connectivity index (χ0) is 24.4. The van der Waals surface area contributed by atoms with E-state index in [1.807, 2.05) is 20.8 Å². The van der Waals surface area contributed by atoms with Crippen molar-refractivity contribution >= 4 is 17.5 Å². The van der Waals surface area contributed by atoms with Crippen LogP contribution in [0.2, 0.25) is 0 Å². The molecule has 0 spiro atoms. The fraction of sp³-hybridized carbons (Fsp3) is 0.875. The van der Waals surface area contributed by atoms with Crippen molar-refractivity contribution in [2.45, 2.75) is 140 Å². The second kappa shape index (κ2) is 22.2. The molecule has 0 aromatic carbocycles. The summed E-state index contributed by atoms with van der Waals surface area (Å²) in [7, 11) is 0. The van der Waals surface area contributed by atoms with E-state index in [-0.39, 0.29) is 19.5 Å². The van der Waals surface area contributed by atoms with Gasteiger partial charge in [-0.1, -0.05) is 0 Å². The second-order valence-corrected chi connectivity index (χ2v) is 9.32. The van der Waals surface area contributed by atoms with Gasteiger partial charge in [-0.3, -0.25) is 15.0 Å². The molecule has 0 unspecified atom stereocenters. The fourth-order valence-corrected chi connectivity index (χ4v) is 2.53. The molecular weight excluding hydrogens is 473 g/mol. The molecule has 188 valence electrons. The number of hydrogen-bond donors (Lipinski definition) is 3.